The molecule has 0 spiro atoms. The van der Waals surface area contributed by atoms with Crippen molar-refractivity contribution in [2.45, 2.75) is 38.6 Å². The first-order valence-electron chi connectivity index (χ1n) is 5.97. The summed E-state index contributed by atoms with van der Waals surface area (Å²) >= 11 is 0. The van der Waals surface area contributed by atoms with Gasteiger partial charge in [-0.2, -0.15) is 0 Å². The molecule has 4 nitrogen and oxygen atoms in total. The van der Waals surface area contributed by atoms with Crippen molar-refractivity contribution in [1.29, 1.82) is 0 Å². The van der Waals surface area contributed by atoms with E-state index in [0.29, 0.717) is 12.5 Å². The number of amides is 1. The lowest BCUT2D eigenvalue weighted by atomic mass is 9.92. The minimum absolute atomic E-state index is 0.0307. The molecule has 2 heterocycles. The number of carbonyl (C=O) groups is 1. The smallest absolute Gasteiger partial charge is 0.263 e. The summed E-state index contributed by atoms with van der Waals surface area (Å²) in [6.45, 7) is 4.53. The molecule has 0 aromatic rings. The molecule has 1 amide bonds. The molecular weight excluding hydrogens is 192 g/mol. The van der Waals surface area contributed by atoms with Crippen LogP contribution < -0.4 is 5.32 Å². The lowest BCUT2D eigenvalue weighted by molar-refractivity contribution is -0.200. The molecule has 2 unspecified atom stereocenters. The second kappa shape index (κ2) is 4.94. The molecule has 2 aliphatic heterocycles. The highest BCUT2D eigenvalue weighted by atomic mass is 16.7. The van der Waals surface area contributed by atoms with E-state index in [9.17, 15) is 4.79 Å². The van der Waals surface area contributed by atoms with Gasteiger partial charge in [-0.1, -0.05) is 6.92 Å². The van der Waals surface area contributed by atoms with Gasteiger partial charge in [0.15, 0.2) is 0 Å². The van der Waals surface area contributed by atoms with Gasteiger partial charge in [0, 0.05) is 6.54 Å². The Labute approximate surface area is 90.9 Å². The van der Waals surface area contributed by atoms with Crippen LogP contribution in [0.2, 0.25) is 0 Å². The molecule has 0 aromatic heterocycles. The minimum atomic E-state index is -0.0307. The number of carbonyl (C=O) groups excluding carboxylic acids is 1. The molecule has 2 fully saturated rings. The molecule has 2 saturated heterocycles. The van der Waals surface area contributed by atoms with Crippen LogP contribution in [0.25, 0.3) is 0 Å². The van der Waals surface area contributed by atoms with Crippen LogP contribution >= 0.6 is 0 Å². The van der Waals surface area contributed by atoms with Gasteiger partial charge in [-0.15, -0.1) is 0 Å². The van der Waals surface area contributed by atoms with Crippen LogP contribution in [0.4, 0.5) is 0 Å². The van der Waals surface area contributed by atoms with Gasteiger partial charge in [-0.3, -0.25) is 9.63 Å². The van der Waals surface area contributed by atoms with Crippen molar-refractivity contribution in [3.05, 3.63) is 0 Å². The molecule has 0 radical (unpaired) electrons. The van der Waals surface area contributed by atoms with Gasteiger partial charge in [0.1, 0.15) is 0 Å². The van der Waals surface area contributed by atoms with Crippen molar-refractivity contribution < 1.29 is 9.63 Å². The lowest BCUT2D eigenvalue weighted by Crippen LogP contribution is -2.53. The van der Waals surface area contributed by atoms with Crippen LogP contribution in [0, 0.1) is 5.92 Å². The van der Waals surface area contributed by atoms with Crippen LogP contribution in [0.5, 0.6) is 0 Å². The third-order valence-corrected chi connectivity index (χ3v) is 3.28. The number of rotatable bonds is 1. The Bertz CT molecular complexity index is 227. The Morgan fingerprint density at radius 3 is 2.93 bits per heavy atom. The third-order valence-electron chi connectivity index (χ3n) is 3.28. The van der Waals surface area contributed by atoms with E-state index in [0.717, 1.165) is 32.4 Å². The Kier molecular flexibility index (Phi) is 3.59. The number of piperidine rings is 1. The highest BCUT2D eigenvalue weighted by Crippen LogP contribution is 2.19. The normalized spacial score (nSPS) is 32.7. The molecule has 0 aromatic carbocycles. The van der Waals surface area contributed by atoms with E-state index in [-0.39, 0.29) is 11.9 Å². The lowest BCUT2D eigenvalue weighted by Gasteiger charge is -2.34. The summed E-state index contributed by atoms with van der Waals surface area (Å²) in [5, 5.41) is 4.85. The van der Waals surface area contributed by atoms with E-state index < -0.39 is 0 Å². The number of hydrogen-bond donors (Lipinski definition) is 1. The fourth-order valence-electron chi connectivity index (χ4n) is 2.31. The third kappa shape index (κ3) is 2.49. The van der Waals surface area contributed by atoms with Gasteiger partial charge in [0.2, 0.25) is 0 Å². The van der Waals surface area contributed by atoms with E-state index in [1.165, 1.54) is 6.42 Å². The van der Waals surface area contributed by atoms with Crippen LogP contribution in [0.1, 0.15) is 32.6 Å². The molecule has 1 N–H and O–H groups in total. The highest BCUT2D eigenvalue weighted by Gasteiger charge is 2.32. The SMILES string of the molecule is CC1CCCNC1C(=O)N1CCCCO1. The zero-order chi connectivity index (χ0) is 10.7. The van der Waals surface area contributed by atoms with Gasteiger partial charge < -0.3 is 5.32 Å². The van der Waals surface area contributed by atoms with E-state index >= 15 is 0 Å². The van der Waals surface area contributed by atoms with Crippen molar-refractivity contribution >= 4 is 5.91 Å². The Hall–Kier alpha value is -0.610. The van der Waals surface area contributed by atoms with Crippen LogP contribution in [0.15, 0.2) is 0 Å². The summed E-state index contributed by atoms with van der Waals surface area (Å²) in [7, 11) is 0. The van der Waals surface area contributed by atoms with Gasteiger partial charge in [-0.25, -0.2) is 5.06 Å². The van der Waals surface area contributed by atoms with Crippen LogP contribution in [0.3, 0.4) is 0 Å². The number of nitrogens with one attached hydrogen (secondary N) is 1. The fourth-order valence-corrected chi connectivity index (χ4v) is 2.31. The second-order valence-electron chi connectivity index (χ2n) is 4.53. The molecule has 0 bridgehead atoms. The molecule has 4 heteroatoms. The van der Waals surface area contributed by atoms with E-state index in [1.54, 1.807) is 5.06 Å². The first-order valence-corrected chi connectivity index (χ1v) is 5.97. The molecule has 2 aliphatic rings. The summed E-state index contributed by atoms with van der Waals surface area (Å²) in [5.41, 5.74) is 0. The van der Waals surface area contributed by atoms with Gasteiger partial charge >= 0.3 is 0 Å². The number of hydroxylamine groups is 2. The molecule has 15 heavy (non-hydrogen) atoms. The minimum Gasteiger partial charge on any atom is -0.306 e. The van der Waals surface area contributed by atoms with Crippen LogP contribution in [-0.2, 0) is 9.63 Å². The first kappa shape index (κ1) is 10.9. The molecule has 2 rings (SSSR count). The average molecular weight is 212 g/mol. The van der Waals surface area contributed by atoms with Crippen molar-refractivity contribution in [2.75, 3.05) is 19.7 Å². The zero-order valence-electron chi connectivity index (χ0n) is 9.37. The maximum atomic E-state index is 12.1. The summed E-state index contributed by atoms with van der Waals surface area (Å²) < 4.78 is 0. The largest absolute Gasteiger partial charge is 0.306 e. The Balaban J connectivity index is 1.92. The van der Waals surface area contributed by atoms with Gasteiger partial charge in [0.25, 0.3) is 5.91 Å². The monoisotopic (exact) mass is 212 g/mol. The van der Waals surface area contributed by atoms with Crippen molar-refractivity contribution in [3.63, 3.8) is 0 Å². The summed E-state index contributed by atoms with van der Waals surface area (Å²) in [5.74, 6) is 0.554. The molecule has 2 atom stereocenters. The maximum Gasteiger partial charge on any atom is 0.263 e. The Morgan fingerprint density at radius 1 is 1.40 bits per heavy atom. The van der Waals surface area contributed by atoms with Crippen molar-refractivity contribution in [1.82, 2.24) is 10.4 Å². The topological polar surface area (TPSA) is 41.6 Å². The molecule has 0 saturated carbocycles. The number of nitrogens with zero attached hydrogens (tertiary/aromatic N) is 1. The van der Waals surface area contributed by atoms with Crippen molar-refractivity contribution in [3.8, 4) is 0 Å². The van der Waals surface area contributed by atoms with Crippen LogP contribution in [-0.4, -0.2) is 36.7 Å². The maximum absolute atomic E-state index is 12.1. The van der Waals surface area contributed by atoms with E-state index in [2.05, 4.69) is 12.2 Å². The van der Waals surface area contributed by atoms with Crippen molar-refractivity contribution in [2.24, 2.45) is 5.92 Å². The second-order valence-corrected chi connectivity index (χ2v) is 4.53. The predicted octanol–water partition coefficient (Wildman–Crippen LogP) is 0.928. The molecule has 86 valence electrons. The number of hydrogen-bond acceptors (Lipinski definition) is 3. The zero-order valence-corrected chi connectivity index (χ0v) is 9.37. The quantitative estimate of drug-likeness (QED) is 0.703. The summed E-state index contributed by atoms with van der Waals surface area (Å²) in [4.78, 5) is 17.5. The summed E-state index contributed by atoms with van der Waals surface area (Å²) in [6.07, 6.45) is 4.44. The summed E-state index contributed by atoms with van der Waals surface area (Å²) in [6, 6.07) is -0.0307. The van der Waals surface area contributed by atoms with E-state index in [4.69, 9.17) is 4.84 Å². The molecule has 0 aliphatic carbocycles. The standard InChI is InChI=1S/C11H20N2O2/c1-9-5-4-6-12-10(9)11(14)13-7-2-3-8-15-13/h9-10,12H,2-8H2,1H3. The van der Waals surface area contributed by atoms with E-state index in [1.807, 2.05) is 0 Å². The predicted molar refractivity (Wildman–Crippen MR) is 57.1 cm³/mol. The van der Waals surface area contributed by atoms with Gasteiger partial charge in [-0.05, 0) is 38.1 Å². The average Bonchev–Trinajstić information content (AvgIpc) is 2.30. The first-order chi connectivity index (χ1) is 7.29. The fraction of sp³-hybridized carbons (Fsp3) is 0.909. The Morgan fingerprint density at radius 2 is 2.27 bits per heavy atom. The highest BCUT2D eigenvalue weighted by molar-refractivity contribution is 5.81. The molecular formula is C11H20N2O2. The van der Waals surface area contributed by atoms with Gasteiger partial charge in [0.05, 0.1) is 12.6 Å².